The summed E-state index contributed by atoms with van der Waals surface area (Å²) in [4.78, 5) is 8.55. The van der Waals surface area contributed by atoms with Crippen molar-refractivity contribution >= 4 is 38.0 Å². The van der Waals surface area contributed by atoms with Crippen LogP contribution in [-0.2, 0) is 13.1 Å². The summed E-state index contributed by atoms with van der Waals surface area (Å²) in [6.07, 6.45) is 2.70. The van der Waals surface area contributed by atoms with Gasteiger partial charge in [0, 0.05) is 11.4 Å². The summed E-state index contributed by atoms with van der Waals surface area (Å²) in [5, 5.41) is 6.71. The van der Waals surface area contributed by atoms with E-state index in [-0.39, 0.29) is 0 Å². The number of nitrogens with one attached hydrogen (secondary N) is 1. The summed E-state index contributed by atoms with van der Waals surface area (Å²) < 4.78 is 6.42. The molecule has 4 nitrogen and oxygen atoms in total. The molecule has 6 heteroatoms. The van der Waals surface area contributed by atoms with Crippen LogP contribution >= 0.6 is 22.7 Å². The second kappa shape index (κ2) is 7.09. The molecule has 0 atom stereocenters. The zero-order chi connectivity index (χ0) is 16.4. The molecule has 1 aliphatic rings. The van der Waals surface area contributed by atoms with Crippen molar-refractivity contribution in [2.75, 3.05) is 25.5 Å². The Morgan fingerprint density at radius 2 is 2.12 bits per heavy atom. The third-order valence-corrected chi connectivity index (χ3v) is 6.28. The minimum atomic E-state index is 0.835. The normalized spacial score (nSPS) is 15.2. The van der Waals surface area contributed by atoms with Crippen LogP contribution in [0.2, 0.25) is 0 Å². The van der Waals surface area contributed by atoms with Gasteiger partial charge in [0.2, 0.25) is 0 Å². The van der Waals surface area contributed by atoms with Crippen LogP contribution in [0.25, 0.3) is 10.2 Å². The van der Waals surface area contributed by atoms with E-state index in [2.05, 4.69) is 26.6 Å². The number of anilines is 1. The number of ether oxygens (including phenoxy) is 1. The summed E-state index contributed by atoms with van der Waals surface area (Å²) in [5.74, 6) is 0.877. The van der Waals surface area contributed by atoms with Crippen LogP contribution in [0.3, 0.4) is 0 Å². The molecular formula is C18H21N3OS2. The van der Waals surface area contributed by atoms with Crippen molar-refractivity contribution in [3.05, 3.63) is 40.1 Å². The molecule has 1 aliphatic heterocycles. The topological polar surface area (TPSA) is 37.4 Å². The number of hydrogen-bond acceptors (Lipinski definition) is 6. The SMILES string of the molecule is COc1ccc2nc(NCc3cc(CN4CCCC4)cs3)sc2c1. The highest BCUT2D eigenvalue weighted by Gasteiger charge is 2.12. The molecule has 0 radical (unpaired) electrons. The predicted octanol–water partition coefficient (Wildman–Crippen LogP) is 4.57. The quantitative estimate of drug-likeness (QED) is 0.699. The molecule has 1 fully saturated rings. The summed E-state index contributed by atoms with van der Waals surface area (Å²) >= 11 is 3.51. The van der Waals surface area contributed by atoms with E-state index in [1.165, 1.54) is 36.4 Å². The van der Waals surface area contributed by atoms with E-state index in [0.29, 0.717) is 0 Å². The lowest BCUT2D eigenvalue weighted by Gasteiger charge is -2.12. The molecule has 3 aromatic rings. The monoisotopic (exact) mass is 359 g/mol. The molecule has 1 N–H and O–H groups in total. The first-order valence-corrected chi connectivity index (χ1v) is 9.97. The highest BCUT2D eigenvalue weighted by atomic mass is 32.1. The van der Waals surface area contributed by atoms with Crippen molar-refractivity contribution in [2.45, 2.75) is 25.9 Å². The number of rotatable bonds is 6. The zero-order valence-corrected chi connectivity index (χ0v) is 15.4. The Kier molecular flexibility index (Phi) is 4.69. The van der Waals surface area contributed by atoms with E-state index in [9.17, 15) is 0 Å². The van der Waals surface area contributed by atoms with Gasteiger partial charge in [-0.1, -0.05) is 11.3 Å². The third kappa shape index (κ3) is 3.55. The van der Waals surface area contributed by atoms with Crippen LogP contribution < -0.4 is 10.1 Å². The van der Waals surface area contributed by atoms with E-state index in [4.69, 9.17) is 4.74 Å². The van der Waals surface area contributed by atoms with Crippen molar-refractivity contribution < 1.29 is 4.74 Å². The molecule has 0 spiro atoms. The number of benzene rings is 1. The van der Waals surface area contributed by atoms with Gasteiger partial charge >= 0.3 is 0 Å². The molecule has 0 unspecified atom stereocenters. The molecule has 3 heterocycles. The van der Waals surface area contributed by atoms with E-state index in [0.717, 1.165) is 34.2 Å². The van der Waals surface area contributed by atoms with Crippen molar-refractivity contribution in [3.63, 3.8) is 0 Å². The first-order chi connectivity index (χ1) is 11.8. The Bertz CT molecular complexity index is 821. The Morgan fingerprint density at radius 3 is 2.96 bits per heavy atom. The first kappa shape index (κ1) is 15.9. The van der Waals surface area contributed by atoms with E-state index < -0.39 is 0 Å². The van der Waals surface area contributed by atoms with E-state index in [1.54, 1.807) is 18.4 Å². The van der Waals surface area contributed by atoms with Gasteiger partial charge in [-0.15, -0.1) is 11.3 Å². The smallest absolute Gasteiger partial charge is 0.184 e. The average Bonchev–Trinajstić information content (AvgIpc) is 3.33. The number of thiazole rings is 1. The second-order valence-corrected chi connectivity index (χ2v) is 8.14. The summed E-state index contributed by atoms with van der Waals surface area (Å²) in [6.45, 7) is 4.43. The van der Waals surface area contributed by atoms with Gasteiger partial charge in [-0.05, 0) is 61.1 Å². The summed E-state index contributed by atoms with van der Waals surface area (Å²) in [6, 6.07) is 8.33. The minimum absolute atomic E-state index is 0.835. The zero-order valence-electron chi connectivity index (χ0n) is 13.7. The predicted molar refractivity (Wildman–Crippen MR) is 102 cm³/mol. The fourth-order valence-electron chi connectivity index (χ4n) is 3.07. The second-order valence-electron chi connectivity index (χ2n) is 6.11. The van der Waals surface area contributed by atoms with Gasteiger partial charge < -0.3 is 10.1 Å². The minimum Gasteiger partial charge on any atom is -0.497 e. The first-order valence-electron chi connectivity index (χ1n) is 8.27. The van der Waals surface area contributed by atoms with Crippen molar-refractivity contribution in [2.24, 2.45) is 0 Å². The Morgan fingerprint density at radius 1 is 1.25 bits per heavy atom. The molecule has 2 aromatic heterocycles. The fraction of sp³-hybridized carbons (Fsp3) is 0.389. The van der Waals surface area contributed by atoms with Gasteiger partial charge in [0.05, 0.1) is 23.9 Å². The summed E-state index contributed by atoms with van der Waals surface area (Å²) in [5.41, 5.74) is 2.46. The lowest BCUT2D eigenvalue weighted by atomic mass is 10.3. The Balaban J connectivity index is 1.38. The van der Waals surface area contributed by atoms with Crippen LogP contribution in [-0.4, -0.2) is 30.1 Å². The molecular weight excluding hydrogens is 338 g/mol. The van der Waals surface area contributed by atoms with Crippen LogP contribution in [0.5, 0.6) is 5.75 Å². The fourth-order valence-corrected chi connectivity index (χ4v) is 4.78. The number of hydrogen-bond donors (Lipinski definition) is 1. The molecule has 4 rings (SSSR count). The van der Waals surface area contributed by atoms with Gasteiger partial charge in [-0.2, -0.15) is 0 Å². The number of aromatic nitrogens is 1. The molecule has 0 saturated carbocycles. The van der Waals surface area contributed by atoms with Crippen LogP contribution in [0.15, 0.2) is 29.6 Å². The summed E-state index contributed by atoms with van der Waals surface area (Å²) in [7, 11) is 1.69. The standard InChI is InChI=1S/C18H21N3OS2/c1-22-14-4-5-16-17(9-14)24-18(20-16)19-10-15-8-13(12-23-15)11-21-6-2-3-7-21/h4-5,8-9,12H,2-3,6-7,10-11H2,1H3,(H,19,20). The van der Waals surface area contributed by atoms with Crippen molar-refractivity contribution in [1.29, 1.82) is 0 Å². The van der Waals surface area contributed by atoms with Crippen molar-refractivity contribution in [3.8, 4) is 5.75 Å². The van der Waals surface area contributed by atoms with Crippen LogP contribution in [0.1, 0.15) is 23.3 Å². The maximum Gasteiger partial charge on any atom is 0.184 e. The molecule has 1 aromatic carbocycles. The lowest BCUT2D eigenvalue weighted by molar-refractivity contribution is 0.332. The van der Waals surface area contributed by atoms with E-state index >= 15 is 0 Å². The average molecular weight is 360 g/mol. The molecule has 24 heavy (non-hydrogen) atoms. The highest BCUT2D eigenvalue weighted by Crippen LogP contribution is 2.29. The largest absolute Gasteiger partial charge is 0.497 e. The molecule has 0 amide bonds. The van der Waals surface area contributed by atoms with Gasteiger partial charge in [0.25, 0.3) is 0 Å². The van der Waals surface area contributed by atoms with Crippen LogP contribution in [0, 0.1) is 0 Å². The van der Waals surface area contributed by atoms with E-state index in [1.807, 2.05) is 29.5 Å². The maximum absolute atomic E-state index is 5.27. The van der Waals surface area contributed by atoms with Gasteiger partial charge in [-0.3, -0.25) is 4.90 Å². The number of likely N-dealkylation sites (tertiary alicyclic amines) is 1. The molecule has 1 saturated heterocycles. The third-order valence-electron chi connectivity index (χ3n) is 4.32. The molecule has 0 aliphatic carbocycles. The molecule has 0 bridgehead atoms. The number of fused-ring (bicyclic) bond motifs is 1. The van der Waals surface area contributed by atoms with Gasteiger partial charge in [0.1, 0.15) is 5.75 Å². The maximum atomic E-state index is 5.27. The number of thiophene rings is 1. The Labute approximate surface area is 150 Å². The van der Waals surface area contributed by atoms with Crippen LogP contribution in [0.4, 0.5) is 5.13 Å². The van der Waals surface area contributed by atoms with Gasteiger partial charge in [-0.25, -0.2) is 4.98 Å². The number of methoxy groups -OCH3 is 1. The highest BCUT2D eigenvalue weighted by molar-refractivity contribution is 7.22. The Hall–Kier alpha value is -1.63. The van der Waals surface area contributed by atoms with Crippen molar-refractivity contribution in [1.82, 2.24) is 9.88 Å². The lowest BCUT2D eigenvalue weighted by Crippen LogP contribution is -2.17. The number of nitrogens with zero attached hydrogens (tertiary/aromatic N) is 2. The van der Waals surface area contributed by atoms with Gasteiger partial charge in [0.15, 0.2) is 5.13 Å². The molecule has 126 valence electrons.